The Balaban J connectivity index is 1.74. The number of para-hydroxylation sites is 1. The lowest BCUT2D eigenvalue weighted by molar-refractivity contribution is 0.619. The van der Waals surface area contributed by atoms with Crippen molar-refractivity contribution in [3.8, 4) is 0 Å². The minimum Gasteiger partial charge on any atom is -0.344 e. The van der Waals surface area contributed by atoms with Gasteiger partial charge in [0.05, 0.1) is 26.5 Å². The van der Waals surface area contributed by atoms with E-state index in [0.29, 0.717) is 10.0 Å². The van der Waals surface area contributed by atoms with Gasteiger partial charge in [-0.15, -0.1) is 11.3 Å². The first-order valence-electron chi connectivity index (χ1n) is 8.44. The average molecular weight is 413 g/mol. The van der Waals surface area contributed by atoms with Gasteiger partial charge in [0.1, 0.15) is 16.9 Å². The van der Waals surface area contributed by atoms with Crippen molar-refractivity contribution in [2.24, 2.45) is 0 Å². The SMILES string of the molecule is CC1=C(c2nc3ccccc3s2)C(c2ccc(Cl)c(Cl)c2)n2nccc2N1. The quantitative estimate of drug-likeness (QED) is 0.423. The smallest absolute Gasteiger partial charge is 0.129 e. The van der Waals surface area contributed by atoms with Crippen molar-refractivity contribution >= 4 is 56.1 Å². The normalized spacial score (nSPS) is 16.5. The highest BCUT2D eigenvalue weighted by atomic mass is 35.5. The van der Waals surface area contributed by atoms with Crippen LogP contribution in [-0.4, -0.2) is 14.8 Å². The minimum absolute atomic E-state index is 0.133. The Labute approximate surface area is 170 Å². The van der Waals surface area contributed by atoms with E-state index in [-0.39, 0.29) is 6.04 Å². The van der Waals surface area contributed by atoms with Crippen LogP contribution in [0.25, 0.3) is 15.8 Å². The molecule has 0 saturated heterocycles. The summed E-state index contributed by atoms with van der Waals surface area (Å²) in [6.07, 6.45) is 1.79. The van der Waals surface area contributed by atoms with E-state index in [1.807, 2.05) is 47.1 Å². The number of fused-ring (bicyclic) bond motifs is 2. The van der Waals surface area contributed by atoms with Crippen LogP contribution in [0.4, 0.5) is 5.82 Å². The van der Waals surface area contributed by atoms with Crippen molar-refractivity contribution in [1.82, 2.24) is 14.8 Å². The van der Waals surface area contributed by atoms with Crippen LogP contribution < -0.4 is 5.32 Å². The Kier molecular flexibility index (Phi) is 3.97. The molecule has 4 nitrogen and oxygen atoms in total. The Hall–Kier alpha value is -2.34. The van der Waals surface area contributed by atoms with E-state index >= 15 is 0 Å². The fourth-order valence-electron chi connectivity index (χ4n) is 3.46. The third kappa shape index (κ3) is 2.74. The van der Waals surface area contributed by atoms with Gasteiger partial charge in [-0.1, -0.05) is 41.4 Å². The highest BCUT2D eigenvalue weighted by Crippen LogP contribution is 2.44. The fourth-order valence-corrected chi connectivity index (χ4v) is 4.86. The maximum Gasteiger partial charge on any atom is 0.129 e. The van der Waals surface area contributed by atoms with E-state index in [9.17, 15) is 0 Å². The Morgan fingerprint density at radius 1 is 1.07 bits per heavy atom. The predicted molar refractivity (Wildman–Crippen MR) is 113 cm³/mol. The molecule has 134 valence electrons. The molecule has 27 heavy (non-hydrogen) atoms. The molecular weight excluding hydrogens is 399 g/mol. The van der Waals surface area contributed by atoms with Gasteiger partial charge in [0, 0.05) is 17.3 Å². The summed E-state index contributed by atoms with van der Waals surface area (Å²) in [5, 5.41) is 10.0. The highest BCUT2D eigenvalue weighted by molar-refractivity contribution is 7.19. The molecule has 0 aliphatic carbocycles. The van der Waals surface area contributed by atoms with Crippen LogP contribution >= 0.6 is 34.5 Å². The van der Waals surface area contributed by atoms with Gasteiger partial charge in [0.2, 0.25) is 0 Å². The molecule has 0 fully saturated rings. The second-order valence-electron chi connectivity index (χ2n) is 6.39. The van der Waals surface area contributed by atoms with Gasteiger partial charge in [-0.05, 0) is 36.8 Å². The van der Waals surface area contributed by atoms with E-state index < -0.39 is 0 Å². The number of nitrogens with zero attached hydrogens (tertiary/aromatic N) is 3. The Morgan fingerprint density at radius 3 is 2.74 bits per heavy atom. The lowest BCUT2D eigenvalue weighted by atomic mass is 9.96. The van der Waals surface area contributed by atoms with E-state index in [2.05, 4.69) is 23.4 Å². The zero-order valence-electron chi connectivity index (χ0n) is 14.3. The third-order valence-electron chi connectivity index (χ3n) is 4.69. The van der Waals surface area contributed by atoms with Crippen LogP contribution in [0.5, 0.6) is 0 Å². The third-order valence-corrected chi connectivity index (χ3v) is 6.50. The topological polar surface area (TPSA) is 42.7 Å². The van der Waals surface area contributed by atoms with Crippen molar-refractivity contribution in [3.05, 3.63) is 81.0 Å². The van der Waals surface area contributed by atoms with E-state index in [4.69, 9.17) is 28.2 Å². The highest BCUT2D eigenvalue weighted by Gasteiger charge is 2.31. The number of benzene rings is 2. The average Bonchev–Trinajstić information content (AvgIpc) is 3.28. The number of hydrogen-bond acceptors (Lipinski definition) is 4. The monoisotopic (exact) mass is 412 g/mol. The van der Waals surface area contributed by atoms with Crippen molar-refractivity contribution in [3.63, 3.8) is 0 Å². The Morgan fingerprint density at radius 2 is 1.93 bits per heavy atom. The van der Waals surface area contributed by atoms with Crippen molar-refractivity contribution in [2.75, 3.05) is 5.32 Å². The molecule has 0 amide bonds. The van der Waals surface area contributed by atoms with E-state index in [1.54, 1.807) is 17.5 Å². The zero-order chi connectivity index (χ0) is 18.5. The number of nitrogens with one attached hydrogen (secondary N) is 1. The standard InChI is InChI=1S/C20H14Cl2N4S/c1-11-18(20-25-15-4-2-3-5-16(15)27-20)19(26-17(24-11)8-9-23-26)12-6-7-13(21)14(22)10-12/h2-10,19,24H,1H3. The molecule has 1 N–H and O–H groups in total. The van der Waals surface area contributed by atoms with Gasteiger partial charge < -0.3 is 5.32 Å². The number of allylic oxidation sites excluding steroid dienone is 2. The number of hydrogen-bond donors (Lipinski definition) is 1. The van der Waals surface area contributed by atoms with Gasteiger partial charge in [0.15, 0.2) is 0 Å². The van der Waals surface area contributed by atoms with E-state index in [1.165, 1.54) is 0 Å². The van der Waals surface area contributed by atoms with Crippen molar-refractivity contribution < 1.29 is 0 Å². The maximum absolute atomic E-state index is 6.32. The number of aromatic nitrogens is 3. The first kappa shape index (κ1) is 16.8. The predicted octanol–water partition coefficient (Wildman–Crippen LogP) is 6.25. The fraction of sp³-hybridized carbons (Fsp3) is 0.100. The number of rotatable bonds is 2. The summed E-state index contributed by atoms with van der Waals surface area (Å²) in [6.45, 7) is 2.07. The molecule has 0 radical (unpaired) electrons. The minimum atomic E-state index is -0.133. The lowest BCUT2D eigenvalue weighted by Crippen LogP contribution is -2.23. The Bertz CT molecular complexity index is 1170. The molecule has 1 aliphatic rings. The molecule has 0 spiro atoms. The van der Waals surface area contributed by atoms with Gasteiger partial charge in [-0.2, -0.15) is 5.10 Å². The molecule has 2 aromatic carbocycles. The first-order chi connectivity index (χ1) is 13.1. The number of thiazole rings is 1. The summed E-state index contributed by atoms with van der Waals surface area (Å²) in [6, 6.07) is 15.7. The van der Waals surface area contributed by atoms with Crippen molar-refractivity contribution in [2.45, 2.75) is 13.0 Å². The number of anilines is 1. The molecule has 0 bridgehead atoms. The van der Waals surface area contributed by atoms with Gasteiger partial charge in [-0.3, -0.25) is 0 Å². The molecule has 1 aliphatic heterocycles. The van der Waals surface area contributed by atoms with Crippen LogP contribution in [0.15, 0.2) is 60.4 Å². The summed E-state index contributed by atoms with van der Waals surface area (Å²) in [7, 11) is 0. The van der Waals surface area contributed by atoms with Gasteiger partial charge in [0.25, 0.3) is 0 Å². The molecule has 3 heterocycles. The van der Waals surface area contributed by atoms with Crippen LogP contribution in [0.2, 0.25) is 10.0 Å². The molecular formula is C20H14Cl2N4S. The van der Waals surface area contributed by atoms with Crippen LogP contribution in [0.1, 0.15) is 23.5 Å². The molecule has 1 atom stereocenters. The van der Waals surface area contributed by atoms with E-state index in [0.717, 1.165) is 37.9 Å². The number of halogens is 2. The molecule has 5 rings (SSSR count). The zero-order valence-corrected chi connectivity index (χ0v) is 16.6. The van der Waals surface area contributed by atoms with Gasteiger partial charge in [-0.25, -0.2) is 9.67 Å². The second-order valence-corrected chi connectivity index (χ2v) is 8.23. The van der Waals surface area contributed by atoms with Crippen LogP contribution in [0, 0.1) is 0 Å². The molecule has 1 unspecified atom stereocenters. The summed E-state index contributed by atoms with van der Waals surface area (Å²) >= 11 is 14.1. The summed E-state index contributed by atoms with van der Waals surface area (Å²) in [5.41, 5.74) is 4.16. The summed E-state index contributed by atoms with van der Waals surface area (Å²) in [5.74, 6) is 0.938. The molecule has 2 aromatic heterocycles. The first-order valence-corrected chi connectivity index (χ1v) is 10.0. The molecule has 4 aromatic rings. The maximum atomic E-state index is 6.32. The lowest BCUT2D eigenvalue weighted by Gasteiger charge is -2.29. The van der Waals surface area contributed by atoms with Crippen LogP contribution in [0.3, 0.4) is 0 Å². The van der Waals surface area contributed by atoms with Crippen molar-refractivity contribution in [1.29, 1.82) is 0 Å². The van der Waals surface area contributed by atoms with Gasteiger partial charge >= 0.3 is 0 Å². The van der Waals surface area contributed by atoms with Crippen LogP contribution in [-0.2, 0) is 0 Å². The molecule has 7 heteroatoms. The largest absolute Gasteiger partial charge is 0.344 e. The second kappa shape index (κ2) is 6.37. The summed E-state index contributed by atoms with van der Waals surface area (Å²) < 4.78 is 3.13. The molecule has 0 saturated carbocycles. The summed E-state index contributed by atoms with van der Waals surface area (Å²) in [4.78, 5) is 4.88.